The lowest BCUT2D eigenvalue weighted by Gasteiger charge is -2.36. The number of carbonyl (C=O) groups excluding carboxylic acids is 2. The van der Waals surface area contributed by atoms with Crippen molar-refractivity contribution >= 4 is 26.0 Å². The monoisotopic (exact) mass is 567 g/mol. The van der Waals surface area contributed by atoms with Crippen molar-refractivity contribution in [3.8, 4) is 5.75 Å². The van der Waals surface area contributed by atoms with Crippen molar-refractivity contribution in [3.63, 3.8) is 0 Å². The first-order valence-corrected chi connectivity index (χ1v) is 17.4. The van der Waals surface area contributed by atoms with Gasteiger partial charge in [0.1, 0.15) is 11.4 Å². The normalized spacial score (nSPS) is 18.9. The molecule has 7 nitrogen and oxygen atoms in total. The van der Waals surface area contributed by atoms with Crippen molar-refractivity contribution in [1.29, 1.82) is 0 Å². The predicted octanol–water partition coefficient (Wildman–Crippen LogP) is 7.54. The first-order valence-electron chi connectivity index (χ1n) is 14.5. The molecule has 0 bridgehead atoms. The van der Waals surface area contributed by atoms with E-state index in [1.54, 1.807) is 6.20 Å². The summed E-state index contributed by atoms with van der Waals surface area (Å²) in [6.45, 7) is 21.2. The van der Waals surface area contributed by atoms with Gasteiger partial charge >= 0.3 is 6.09 Å². The molecular formula is C32H49N3O4Si. The van der Waals surface area contributed by atoms with Gasteiger partial charge in [0.05, 0.1) is 6.04 Å². The summed E-state index contributed by atoms with van der Waals surface area (Å²) >= 11 is 0. The number of hydrogen-bond acceptors (Lipinski definition) is 5. The Kier molecular flexibility index (Phi) is 9.76. The number of nitrogens with zero attached hydrogens (tertiary/aromatic N) is 2. The quantitative estimate of drug-likeness (QED) is 0.300. The minimum absolute atomic E-state index is 0.0491. The van der Waals surface area contributed by atoms with Crippen LogP contribution in [-0.2, 0) is 9.53 Å². The zero-order chi connectivity index (χ0) is 29.9. The Balaban J connectivity index is 1.88. The zero-order valence-electron chi connectivity index (χ0n) is 26.1. The van der Waals surface area contributed by atoms with Crippen molar-refractivity contribution in [3.05, 3.63) is 54.4 Å². The first-order chi connectivity index (χ1) is 18.5. The highest BCUT2D eigenvalue weighted by atomic mass is 28.4. The van der Waals surface area contributed by atoms with Gasteiger partial charge in [-0.05, 0) is 87.6 Å². The van der Waals surface area contributed by atoms with Gasteiger partial charge in [-0.2, -0.15) is 0 Å². The minimum atomic E-state index is -2.00. The lowest BCUT2D eigenvalue weighted by Crippen LogP contribution is -2.50. The van der Waals surface area contributed by atoms with Crippen LogP contribution in [0, 0.1) is 11.8 Å². The van der Waals surface area contributed by atoms with Gasteiger partial charge in [-0.3, -0.25) is 9.78 Å². The van der Waals surface area contributed by atoms with Gasteiger partial charge < -0.3 is 19.4 Å². The molecule has 0 radical (unpaired) electrons. The molecule has 8 heteroatoms. The van der Waals surface area contributed by atoms with E-state index in [0.717, 1.165) is 30.0 Å². The maximum absolute atomic E-state index is 14.0. The molecule has 4 atom stereocenters. The molecule has 2 amide bonds. The molecule has 40 heavy (non-hydrogen) atoms. The molecule has 0 spiro atoms. The number of hydrogen-bond donors (Lipinski definition) is 1. The van der Waals surface area contributed by atoms with Crippen molar-refractivity contribution in [2.45, 2.75) is 104 Å². The lowest BCUT2D eigenvalue weighted by atomic mass is 9.98. The van der Waals surface area contributed by atoms with Gasteiger partial charge in [0.25, 0.3) is 0 Å². The number of nitrogens with one attached hydrogen (secondary N) is 1. The third kappa shape index (κ3) is 8.32. The number of rotatable bonds is 10. The Bertz CT molecular complexity index is 1140. The van der Waals surface area contributed by atoms with Crippen molar-refractivity contribution < 1.29 is 18.8 Å². The van der Waals surface area contributed by atoms with Gasteiger partial charge in [0, 0.05) is 36.0 Å². The largest absolute Gasteiger partial charge is 0.544 e. The maximum Gasteiger partial charge on any atom is 0.407 e. The summed E-state index contributed by atoms with van der Waals surface area (Å²) in [5.41, 5.74) is 1.13. The fourth-order valence-corrected chi connectivity index (χ4v) is 5.39. The van der Waals surface area contributed by atoms with Crippen LogP contribution < -0.4 is 14.6 Å². The number of aromatic nitrogens is 1. The fourth-order valence-electron chi connectivity index (χ4n) is 4.36. The highest BCUT2D eigenvalue weighted by Crippen LogP contribution is 2.48. The molecule has 0 aliphatic heterocycles. The molecule has 1 N–H and O–H groups in total. The molecule has 1 aromatic carbocycles. The Hall–Kier alpha value is -2.87. The molecule has 2 aromatic rings. The summed E-state index contributed by atoms with van der Waals surface area (Å²) in [6.07, 6.45) is 2.92. The van der Waals surface area contributed by atoms with Crippen LogP contribution >= 0.6 is 0 Å². The number of pyridine rings is 1. The average Bonchev–Trinajstić information content (AvgIpc) is 3.66. The molecule has 220 valence electrons. The van der Waals surface area contributed by atoms with Gasteiger partial charge in [-0.15, -0.1) is 0 Å². The van der Waals surface area contributed by atoms with Gasteiger partial charge in [-0.25, -0.2) is 4.79 Å². The SMILES string of the molecule is CC[C@H](C)[C@@H](CN(C(=O)[C@@H]1C[C@H]1c1ccccn1)c1ccc(O[Si](C)(C)C(C)(C)C)cc1)NC(=O)OC(C)(C)C. The van der Waals surface area contributed by atoms with E-state index in [4.69, 9.17) is 9.16 Å². The number of carbonyl (C=O) groups is 2. The van der Waals surface area contributed by atoms with E-state index in [-0.39, 0.29) is 34.7 Å². The number of ether oxygens (including phenoxy) is 1. The maximum atomic E-state index is 14.0. The topological polar surface area (TPSA) is 80.8 Å². The fraction of sp³-hybridized carbons (Fsp3) is 0.594. The van der Waals surface area contributed by atoms with Crippen LogP contribution in [-0.4, -0.2) is 43.5 Å². The van der Waals surface area contributed by atoms with Crippen LogP contribution in [0.25, 0.3) is 0 Å². The molecule has 1 fully saturated rings. The Labute approximate surface area is 242 Å². The molecule has 3 rings (SSSR count). The standard InChI is InChI=1S/C32H49N3O4Si/c1-11-22(2)28(34-30(37)38-31(3,4)5)21-35(29(36)26-20-25(26)27-14-12-13-19-33-27)23-15-17-24(18-16-23)39-40(9,10)32(6,7)8/h12-19,22,25-26,28H,11,20-21H2,1-10H3,(H,34,37)/t22-,25+,26+,28+/m0/s1. The van der Waals surface area contributed by atoms with Crippen LogP contribution in [0.4, 0.5) is 10.5 Å². The van der Waals surface area contributed by atoms with Crippen LogP contribution in [0.2, 0.25) is 18.1 Å². The summed E-state index contributed by atoms with van der Waals surface area (Å²) in [7, 11) is -2.00. The molecule has 1 aliphatic carbocycles. The summed E-state index contributed by atoms with van der Waals surface area (Å²) in [6, 6.07) is 13.4. The molecule has 0 unspecified atom stereocenters. The molecule has 0 saturated heterocycles. The second kappa shape index (κ2) is 12.3. The summed E-state index contributed by atoms with van der Waals surface area (Å²) < 4.78 is 12.0. The Morgan fingerprint density at radius 2 is 1.73 bits per heavy atom. The summed E-state index contributed by atoms with van der Waals surface area (Å²) in [4.78, 5) is 33.1. The molecular weight excluding hydrogens is 518 g/mol. The average molecular weight is 568 g/mol. The highest BCUT2D eigenvalue weighted by molar-refractivity contribution is 6.74. The van der Waals surface area contributed by atoms with Crippen LogP contribution in [0.15, 0.2) is 48.7 Å². The summed E-state index contributed by atoms with van der Waals surface area (Å²) in [5, 5.41) is 3.13. The van der Waals surface area contributed by atoms with Crippen LogP contribution in [0.5, 0.6) is 5.75 Å². The van der Waals surface area contributed by atoms with Crippen molar-refractivity contribution in [1.82, 2.24) is 10.3 Å². The van der Waals surface area contributed by atoms with Crippen LogP contribution in [0.1, 0.15) is 79.8 Å². The Morgan fingerprint density at radius 3 is 2.25 bits per heavy atom. The third-order valence-electron chi connectivity index (χ3n) is 8.18. The van der Waals surface area contributed by atoms with Gasteiger partial charge in [0.2, 0.25) is 14.2 Å². The van der Waals surface area contributed by atoms with E-state index in [0.29, 0.717) is 6.54 Å². The van der Waals surface area contributed by atoms with Gasteiger partial charge in [-0.1, -0.05) is 47.1 Å². The molecule has 1 aromatic heterocycles. The first kappa shape index (κ1) is 31.7. The number of alkyl carbamates (subject to hydrolysis) is 1. The van der Waals surface area contributed by atoms with Crippen LogP contribution in [0.3, 0.4) is 0 Å². The van der Waals surface area contributed by atoms with Gasteiger partial charge in [0.15, 0.2) is 0 Å². The smallest absolute Gasteiger partial charge is 0.407 e. The van der Waals surface area contributed by atoms with E-state index < -0.39 is 20.0 Å². The van der Waals surface area contributed by atoms with Crippen molar-refractivity contribution in [2.24, 2.45) is 11.8 Å². The van der Waals surface area contributed by atoms with E-state index in [2.05, 4.69) is 58.0 Å². The second-order valence-corrected chi connectivity index (χ2v) is 18.4. The third-order valence-corrected chi connectivity index (χ3v) is 12.5. The number of amides is 2. The predicted molar refractivity (Wildman–Crippen MR) is 164 cm³/mol. The zero-order valence-corrected chi connectivity index (χ0v) is 27.1. The molecule has 1 saturated carbocycles. The van der Waals surface area contributed by atoms with Crippen molar-refractivity contribution in [2.75, 3.05) is 11.4 Å². The van der Waals surface area contributed by atoms with E-state index >= 15 is 0 Å². The molecule has 1 aliphatic rings. The molecule has 1 heterocycles. The van der Waals surface area contributed by atoms with E-state index in [1.807, 2.05) is 68.1 Å². The Morgan fingerprint density at radius 1 is 1.07 bits per heavy atom. The second-order valence-electron chi connectivity index (χ2n) is 13.6. The number of anilines is 1. The van der Waals surface area contributed by atoms with E-state index in [9.17, 15) is 9.59 Å². The number of benzene rings is 1. The van der Waals surface area contributed by atoms with E-state index in [1.165, 1.54) is 0 Å². The lowest BCUT2D eigenvalue weighted by molar-refractivity contribution is -0.120. The summed E-state index contributed by atoms with van der Waals surface area (Å²) in [5.74, 6) is 0.962. The minimum Gasteiger partial charge on any atom is -0.544 e. The highest BCUT2D eigenvalue weighted by Gasteiger charge is 2.47.